The van der Waals surface area contributed by atoms with E-state index in [0.29, 0.717) is 17.2 Å². The molecular weight excluding hydrogens is 411 g/mol. The molecule has 0 amide bonds. The number of hydrogen-bond donors (Lipinski definition) is 1. The third kappa shape index (κ3) is 3.14. The Kier molecular flexibility index (Phi) is 4.06. The van der Waals surface area contributed by atoms with Gasteiger partial charge in [0.2, 0.25) is 0 Å². The molecule has 2 aromatic rings. The summed E-state index contributed by atoms with van der Waals surface area (Å²) in [5.74, 6) is 1.01. The van der Waals surface area contributed by atoms with Gasteiger partial charge in [-0.05, 0) is 12.5 Å². The second kappa shape index (κ2) is 4.98. The maximum Gasteiger partial charge on any atom is 0.381 e. The minimum atomic E-state index is -4.34. The molecule has 2 rings (SSSR count). The first-order valence-corrected chi connectivity index (χ1v) is 4.45. The van der Waals surface area contributed by atoms with E-state index < -0.39 is 11.7 Å². The molecule has 0 bridgehead atoms. The van der Waals surface area contributed by atoms with Crippen molar-refractivity contribution in [1.82, 2.24) is 15.2 Å². The molecule has 1 aromatic heterocycles. The number of benzene rings is 1. The van der Waals surface area contributed by atoms with Crippen molar-refractivity contribution in [3.05, 3.63) is 35.7 Å². The van der Waals surface area contributed by atoms with Gasteiger partial charge in [0.25, 0.3) is 0 Å². The predicted molar refractivity (Wildman–Crippen MR) is 50.4 cm³/mol. The molecular formula is C10H7F3IrN3-. The zero-order chi connectivity index (χ0) is 11.8. The van der Waals surface area contributed by atoms with Crippen molar-refractivity contribution in [3.63, 3.8) is 0 Å². The van der Waals surface area contributed by atoms with Crippen LogP contribution in [0.2, 0.25) is 0 Å². The number of hydrogen-bond acceptors (Lipinski definition) is 2. The van der Waals surface area contributed by atoms with E-state index >= 15 is 0 Å². The number of halogens is 3. The largest absolute Gasteiger partial charge is 0.381 e. The van der Waals surface area contributed by atoms with Gasteiger partial charge >= 0.3 is 6.18 Å². The summed E-state index contributed by atoms with van der Waals surface area (Å²) in [5, 5.41) is 7.48. The first-order valence-electron chi connectivity index (χ1n) is 4.45. The molecule has 7 heteroatoms. The summed E-state index contributed by atoms with van der Waals surface area (Å²) in [4.78, 5) is 2.82. The minimum absolute atomic E-state index is 0. The van der Waals surface area contributed by atoms with Crippen LogP contribution in [0.4, 0.5) is 13.2 Å². The normalized spacial score (nSPS) is 11.1. The van der Waals surface area contributed by atoms with E-state index in [1.807, 2.05) is 0 Å². The quantitative estimate of drug-likeness (QED) is 0.724. The topological polar surface area (TPSA) is 41.6 Å². The van der Waals surface area contributed by atoms with Gasteiger partial charge in [0.1, 0.15) is 5.82 Å². The summed E-state index contributed by atoms with van der Waals surface area (Å²) in [5.41, 5.74) is -0.277. The molecule has 1 radical (unpaired) electrons. The van der Waals surface area contributed by atoms with Gasteiger partial charge in [0, 0.05) is 20.1 Å². The summed E-state index contributed by atoms with van der Waals surface area (Å²) in [6, 6.07) is 5.71. The van der Waals surface area contributed by atoms with Gasteiger partial charge in [-0.1, -0.05) is 0 Å². The first-order chi connectivity index (χ1) is 7.47. The maximum atomic E-state index is 12.3. The third-order valence-electron chi connectivity index (χ3n) is 1.99. The van der Waals surface area contributed by atoms with Gasteiger partial charge in [-0.3, -0.25) is 0 Å². The Bertz CT molecular complexity index is 490. The molecule has 0 aliphatic heterocycles. The minimum Gasteiger partial charge on any atom is -0.365 e. The number of aromatic nitrogens is 3. The Morgan fingerprint density at radius 1 is 1.24 bits per heavy atom. The van der Waals surface area contributed by atoms with Gasteiger partial charge in [-0.15, -0.1) is 34.9 Å². The van der Waals surface area contributed by atoms with Crippen molar-refractivity contribution in [3.8, 4) is 11.4 Å². The fraction of sp³-hybridized carbons (Fsp3) is 0.200. The molecule has 0 aliphatic rings. The first kappa shape index (κ1) is 13.9. The molecule has 1 N–H and O–H groups in total. The number of nitrogens with one attached hydrogen (secondary N) is 1. The van der Waals surface area contributed by atoms with Crippen LogP contribution >= 0.6 is 0 Å². The van der Waals surface area contributed by atoms with E-state index in [4.69, 9.17) is 0 Å². The molecule has 0 saturated carbocycles. The Morgan fingerprint density at radius 3 is 2.35 bits per heavy atom. The summed E-state index contributed by atoms with van der Waals surface area (Å²) in [6.45, 7) is 1.71. The van der Waals surface area contributed by atoms with E-state index in [1.54, 1.807) is 6.92 Å². The van der Waals surface area contributed by atoms with Gasteiger partial charge in [0.15, 0.2) is 0 Å². The molecule has 93 valence electrons. The predicted octanol–water partition coefficient (Wildman–Crippen LogP) is 2.60. The summed E-state index contributed by atoms with van der Waals surface area (Å²) in [6.07, 6.45) is -4.34. The number of aromatic amines is 1. The van der Waals surface area contributed by atoms with E-state index in [9.17, 15) is 13.2 Å². The van der Waals surface area contributed by atoms with Crippen LogP contribution in [0.1, 0.15) is 11.4 Å². The van der Waals surface area contributed by atoms with E-state index in [1.165, 1.54) is 6.07 Å². The van der Waals surface area contributed by atoms with E-state index in [2.05, 4.69) is 21.2 Å². The van der Waals surface area contributed by atoms with Crippen LogP contribution in [0.3, 0.4) is 0 Å². The zero-order valence-corrected chi connectivity index (χ0v) is 11.0. The molecule has 0 aliphatic carbocycles. The zero-order valence-electron chi connectivity index (χ0n) is 8.59. The van der Waals surface area contributed by atoms with Crippen molar-refractivity contribution >= 4 is 0 Å². The second-order valence-electron chi connectivity index (χ2n) is 3.25. The Labute approximate surface area is 109 Å². The van der Waals surface area contributed by atoms with Crippen molar-refractivity contribution < 1.29 is 33.3 Å². The summed E-state index contributed by atoms with van der Waals surface area (Å²) < 4.78 is 36.8. The number of nitrogens with zero attached hydrogens (tertiary/aromatic N) is 2. The SMILES string of the molecule is Cc1nnc(-c2[c-]cc(C(F)(F)F)cc2)[nH]1.[Ir]. The van der Waals surface area contributed by atoms with Crippen molar-refractivity contribution in [2.75, 3.05) is 0 Å². The van der Waals surface area contributed by atoms with Gasteiger partial charge < -0.3 is 4.98 Å². The maximum absolute atomic E-state index is 12.3. The monoisotopic (exact) mass is 419 g/mol. The molecule has 3 nitrogen and oxygen atoms in total. The smallest absolute Gasteiger partial charge is 0.365 e. The number of alkyl halides is 3. The Balaban J connectivity index is 0.00000144. The second-order valence-corrected chi connectivity index (χ2v) is 3.25. The standard InChI is InChI=1S/C10H7F3N3.Ir/c1-6-14-9(16-15-6)7-2-4-8(5-3-7)10(11,12)13;/h2,4-5H,1H3,(H,14,15,16);/q-1;. The van der Waals surface area contributed by atoms with Crippen LogP contribution in [0, 0.1) is 13.0 Å². The van der Waals surface area contributed by atoms with Gasteiger partial charge in [-0.2, -0.15) is 18.3 Å². The number of rotatable bonds is 1. The van der Waals surface area contributed by atoms with Crippen LogP contribution in [0.5, 0.6) is 0 Å². The van der Waals surface area contributed by atoms with Gasteiger partial charge in [-0.25, -0.2) is 0 Å². The molecule has 0 spiro atoms. The average molecular weight is 418 g/mol. The van der Waals surface area contributed by atoms with E-state index in [0.717, 1.165) is 12.1 Å². The molecule has 17 heavy (non-hydrogen) atoms. The molecule has 1 heterocycles. The molecule has 0 fully saturated rings. The van der Waals surface area contributed by atoms with Crippen LogP contribution < -0.4 is 0 Å². The Hall–Kier alpha value is -1.20. The van der Waals surface area contributed by atoms with Crippen LogP contribution in [0.25, 0.3) is 11.4 Å². The van der Waals surface area contributed by atoms with Crippen molar-refractivity contribution in [2.24, 2.45) is 0 Å². The van der Waals surface area contributed by atoms with Crippen molar-refractivity contribution in [1.29, 1.82) is 0 Å². The van der Waals surface area contributed by atoms with Crippen molar-refractivity contribution in [2.45, 2.75) is 13.1 Å². The molecule has 0 atom stereocenters. The van der Waals surface area contributed by atoms with E-state index in [-0.39, 0.29) is 20.1 Å². The van der Waals surface area contributed by atoms with Crippen LogP contribution in [-0.2, 0) is 26.3 Å². The molecule has 0 saturated heterocycles. The summed E-state index contributed by atoms with van der Waals surface area (Å²) in [7, 11) is 0. The summed E-state index contributed by atoms with van der Waals surface area (Å²) >= 11 is 0. The average Bonchev–Trinajstić information content (AvgIpc) is 2.64. The molecule has 1 aromatic carbocycles. The third-order valence-corrected chi connectivity index (χ3v) is 1.99. The number of H-pyrrole nitrogens is 1. The number of aryl methyl sites for hydroxylation is 1. The Morgan fingerprint density at radius 2 is 1.94 bits per heavy atom. The fourth-order valence-electron chi connectivity index (χ4n) is 1.22. The van der Waals surface area contributed by atoms with Crippen LogP contribution in [-0.4, -0.2) is 15.2 Å². The fourth-order valence-corrected chi connectivity index (χ4v) is 1.22. The molecule has 0 unspecified atom stereocenters. The van der Waals surface area contributed by atoms with Gasteiger partial charge in [0.05, 0.1) is 5.82 Å². The van der Waals surface area contributed by atoms with Crippen LogP contribution in [0.15, 0.2) is 18.2 Å².